The Morgan fingerprint density at radius 3 is 2.57 bits per heavy atom. The van der Waals surface area contributed by atoms with E-state index in [1.54, 1.807) is 19.9 Å². The van der Waals surface area contributed by atoms with Gasteiger partial charge in [0.15, 0.2) is 0 Å². The Kier molecular flexibility index (Phi) is 3.80. The first-order valence-electron chi connectivity index (χ1n) is 6.77. The molecule has 0 aliphatic rings. The van der Waals surface area contributed by atoms with Gasteiger partial charge in [-0.1, -0.05) is 0 Å². The van der Waals surface area contributed by atoms with Crippen molar-refractivity contribution in [2.45, 2.75) is 26.4 Å². The standard InChI is InChI=1S/C16H13BrO5Se/c1-6-4-9-7(5-8(14(18)19)15(20)22-9)12-10(6)11(17)13(23-12)16(2,3)21/h4-5,21H,1-3H3,(H,18,19). The first-order valence-corrected chi connectivity index (χ1v) is 9.27. The number of fused-ring (bicyclic) bond motifs is 3. The normalized spacial score (nSPS) is 12.2. The maximum absolute atomic E-state index is 11.8. The molecule has 0 saturated heterocycles. The third-order valence-electron chi connectivity index (χ3n) is 3.60. The first-order chi connectivity index (χ1) is 10.6. The van der Waals surface area contributed by atoms with Gasteiger partial charge in [-0.05, 0) is 0 Å². The molecule has 0 spiro atoms. The summed E-state index contributed by atoms with van der Waals surface area (Å²) in [6, 6.07) is 3.10. The zero-order valence-corrected chi connectivity index (χ0v) is 15.9. The molecule has 7 heteroatoms. The summed E-state index contributed by atoms with van der Waals surface area (Å²) in [7, 11) is 0. The van der Waals surface area contributed by atoms with Crippen molar-refractivity contribution in [2.24, 2.45) is 0 Å². The van der Waals surface area contributed by atoms with E-state index < -0.39 is 17.2 Å². The molecule has 0 bridgehead atoms. The Balaban J connectivity index is 2.54. The Morgan fingerprint density at radius 2 is 2.00 bits per heavy atom. The molecule has 0 radical (unpaired) electrons. The molecule has 0 atom stereocenters. The molecule has 120 valence electrons. The van der Waals surface area contributed by atoms with Gasteiger partial charge in [-0.15, -0.1) is 0 Å². The molecule has 5 nitrogen and oxygen atoms in total. The van der Waals surface area contributed by atoms with Crippen LogP contribution in [-0.2, 0) is 5.60 Å². The number of aliphatic hydroxyl groups is 1. The Bertz CT molecular complexity index is 1020. The fourth-order valence-electron chi connectivity index (χ4n) is 2.53. The molecule has 0 aliphatic heterocycles. The van der Waals surface area contributed by atoms with E-state index >= 15 is 0 Å². The van der Waals surface area contributed by atoms with Gasteiger partial charge < -0.3 is 0 Å². The van der Waals surface area contributed by atoms with Gasteiger partial charge >= 0.3 is 145 Å². The van der Waals surface area contributed by atoms with Crippen molar-refractivity contribution >= 4 is 57.0 Å². The van der Waals surface area contributed by atoms with Gasteiger partial charge in [0, 0.05) is 0 Å². The van der Waals surface area contributed by atoms with Crippen molar-refractivity contribution in [3.63, 3.8) is 0 Å². The SMILES string of the molecule is Cc1cc2oc(=O)c(C(=O)O)cc2c2[se]c(C(C)(C)O)c(Br)c12. The number of carboxylic acids is 1. The van der Waals surface area contributed by atoms with Crippen LogP contribution in [0, 0.1) is 6.92 Å². The van der Waals surface area contributed by atoms with Crippen molar-refractivity contribution in [1.29, 1.82) is 0 Å². The maximum atomic E-state index is 11.8. The molecular formula is C16H13BrO5Se. The van der Waals surface area contributed by atoms with Crippen LogP contribution in [0.2, 0.25) is 0 Å². The molecule has 3 rings (SSSR count). The van der Waals surface area contributed by atoms with Crippen LogP contribution < -0.4 is 5.63 Å². The molecule has 0 saturated carbocycles. The minimum absolute atomic E-state index is 0.202. The topological polar surface area (TPSA) is 87.7 Å². The average Bonchev–Trinajstić information content (AvgIpc) is 2.76. The second-order valence-corrected chi connectivity index (χ2v) is 8.80. The summed E-state index contributed by atoms with van der Waals surface area (Å²) in [6.07, 6.45) is 0. The molecule has 3 aromatic rings. The molecule has 0 aliphatic carbocycles. The van der Waals surface area contributed by atoms with Crippen LogP contribution in [0.3, 0.4) is 0 Å². The summed E-state index contributed by atoms with van der Waals surface area (Å²) in [5, 5.41) is 21.1. The Hall–Kier alpha value is -1.40. The molecule has 2 heterocycles. The van der Waals surface area contributed by atoms with Crippen molar-refractivity contribution in [1.82, 2.24) is 0 Å². The van der Waals surface area contributed by atoms with E-state index in [-0.39, 0.29) is 20.1 Å². The fourth-order valence-corrected chi connectivity index (χ4v) is 6.93. The Morgan fingerprint density at radius 1 is 1.35 bits per heavy atom. The van der Waals surface area contributed by atoms with Gasteiger partial charge in [0.1, 0.15) is 0 Å². The van der Waals surface area contributed by atoms with Crippen molar-refractivity contribution in [2.75, 3.05) is 0 Å². The van der Waals surface area contributed by atoms with Crippen molar-refractivity contribution in [3.05, 3.63) is 42.6 Å². The van der Waals surface area contributed by atoms with Gasteiger partial charge in [0.25, 0.3) is 0 Å². The molecule has 0 unspecified atom stereocenters. The number of hydrogen-bond acceptors (Lipinski definition) is 4. The van der Waals surface area contributed by atoms with E-state index in [0.717, 1.165) is 24.1 Å². The van der Waals surface area contributed by atoms with E-state index in [2.05, 4.69) is 15.9 Å². The van der Waals surface area contributed by atoms with Gasteiger partial charge in [-0.2, -0.15) is 0 Å². The number of benzene rings is 1. The van der Waals surface area contributed by atoms with Crippen LogP contribution in [0.25, 0.3) is 20.6 Å². The number of hydrogen-bond donors (Lipinski definition) is 2. The zero-order valence-electron chi connectivity index (χ0n) is 12.6. The second-order valence-electron chi connectivity index (χ2n) is 5.87. The van der Waals surface area contributed by atoms with Crippen molar-refractivity contribution in [3.8, 4) is 0 Å². The first kappa shape index (κ1) is 16.5. The molecule has 2 N–H and O–H groups in total. The monoisotopic (exact) mass is 444 g/mol. The van der Waals surface area contributed by atoms with Crippen LogP contribution in [0.1, 0.15) is 34.2 Å². The number of halogens is 1. The summed E-state index contributed by atoms with van der Waals surface area (Å²) in [5.41, 5.74) is -0.944. The second kappa shape index (κ2) is 5.31. The average molecular weight is 444 g/mol. The summed E-state index contributed by atoms with van der Waals surface area (Å²) in [6.45, 7) is 5.34. The van der Waals surface area contributed by atoms with E-state index in [1.807, 2.05) is 6.92 Å². The predicted octanol–water partition coefficient (Wildman–Crippen LogP) is 3.00. The molecule has 1 aromatic carbocycles. The molecule has 2 aromatic heterocycles. The number of carbonyl (C=O) groups is 1. The third kappa shape index (κ3) is 2.58. The van der Waals surface area contributed by atoms with E-state index in [4.69, 9.17) is 9.52 Å². The fraction of sp³-hybridized carbons (Fsp3) is 0.250. The van der Waals surface area contributed by atoms with Gasteiger partial charge in [-0.25, -0.2) is 0 Å². The number of aryl methyl sites for hydroxylation is 1. The van der Waals surface area contributed by atoms with Crippen LogP contribution >= 0.6 is 15.9 Å². The minimum atomic E-state index is -1.31. The third-order valence-corrected chi connectivity index (χ3v) is 8.21. The predicted molar refractivity (Wildman–Crippen MR) is 91.6 cm³/mol. The molecule has 0 amide bonds. The molecular weight excluding hydrogens is 431 g/mol. The van der Waals surface area contributed by atoms with Crippen LogP contribution in [0.4, 0.5) is 0 Å². The molecule has 0 fully saturated rings. The van der Waals surface area contributed by atoms with E-state index in [9.17, 15) is 14.7 Å². The summed E-state index contributed by atoms with van der Waals surface area (Å²) < 4.78 is 7.82. The number of carboxylic acid groups (broad SMARTS) is 1. The van der Waals surface area contributed by atoms with Crippen LogP contribution in [-0.4, -0.2) is 30.7 Å². The Labute approximate surface area is 145 Å². The van der Waals surface area contributed by atoms with E-state index in [1.165, 1.54) is 6.07 Å². The van der Waals surface area contributed by atoms with Crippen LogP contribution in [0.15, 0.2) is 25.8 Å². The zero-order chi connectivity index (χ0) is 17.1. The van der Waals surface area contributed by atoms with Gasteiger partial charge in [-0.3, -0.25) is 0 Å². The quantitative estimate of drug-likeness (QED) is 0.469. The molecule has 23 heavy (non-hydrogen) atoms. The van der Waals surface area contributed by atoms with Gasteiger partial charge in [0.05, 0.1) is 0 Å². The number of aromatic carboxylic acids is 1. The summed E-state index contributed by atoms with van der Waals surface area (Å²) in [5.74, 6) is -1.31. The summed E-state index contributed by atoms with van der Waals surface area (Å²) >= 11 is 3.36. The van der Waals surface area contributed by atoms with E-state index in [0.29, 0.717) is 11.0 Å². The van der Waals surface area contributed by atoms with Crippen LogP contribution in [0.5, 0.6) is 0 Å². The van der Waals surface area contributed by atoms with Gasteiger partial charge in [0.2, 0.25) is 0 Å². The summed E-state index contributed by atoms with van der Waals surface area (Å²) in [4.78, 5) is 23.0. The number of rotatable bonds is 2. The van der Waals surface area contributed by atoms with Crippen molar-refractivity contribution < 1.29 is 19.4 Å².